The van der Waals surface area contributed by atoms with Crippen LogP contribution in [0.15, 0.2) is 30.6 Å². The van der Waals surface area contributed by atoms with Gasteiger partial charge in [0.05, 0.1) is 45.4 Å². The summed E-state index contributed by atoms with van der Waals surface area (Å²) in [7, 11) is 1.65. The number of carbonyl (C=O) groups is 3. The molecule has 2 saturated heterocycles. The molecule has 3 heterocycles. The topological polar surface area (TPSA) is 187 Å². The first-order valence-electron chi connectivity index (χ1n) is 16.8. The standard InChI is InChI=1S/C34H49FN6O8/c1-48-20-25-16-37-32(38-17-25)40-11-8-24(9-12-40)4-3-13-49-28-7-6-26(29(35)15-28)14-31(46)41-18-27(19-41)30(45)5-2-10-36-33(47)39-34(21-42,22-43)23-44/h6-7,15-17,24,27,42-44H,2-5,8-14,18-23H2,1H3,(H2,36,39,47). The molecule has 2 aliphatic heterocycles. The van der Waals surface area contributed by atoms with E-state index in [1.54, 1.807) is 31.6 Å². The number of ether oxygens (including phenoxy) is 2. The highest BCUT2D eigenvalue weighted by Gasteiger charge is 2.35. The summed E-state index contributed by atoms with van der Waals surface area (Å²) in [5.74, 6) is 0.670. The second kappa shape index (κ2) is 18.7. The van der Waals surface area contributed by atoms with Crippen molar-refractivity contribution in [1.29, 1.82) is 0 Å². The van der Waals surface area contributed by atoms with Crippen LogP contribution in [0.4, 0.5) is 15.1 Å². The van der Waals surface area contributed by atoms with Crippen molar-refractivity contribution in [3.8, 4) is 5.75 Å². The molecule has 2 aliphatic rings. The van der Waals surface area contributed by atoms with Gasteiger partial charge in [0, 0.05) is 70.3 Å². The van der Waals surface area contributed by atoms with Crippen LogP contribution in [0.25, 0.3) is 0 Å². The number of hydrogen-bond acceptors (Lipinski definition) is 11. The number of urea groups is 1. The first-order chi connectivity index (χ1) is 23.7. The lowest BCUT2D eigenvalue weighted by Gasteiger charge is -2.38. The first kappa shape index (κ1) is 37.9. The summed E-state index contributed by atoms with van der Waals surface area (Å²) in [5.41, 5.74) is -0.313. The van der Waals surface area contributed by atoms with E-state index in [0.717, 1.165) is 50.3 Å². The van der Waals surface area contributed by atoms with Gasteiger partial charge in [0.25, 0.3) is 0 Å². The van der Waals surface area contributed by atoms with Crippen LogP contribution in [-0.2, 0) is 27.4 Å². The van der Waals surface area contributed by atoms with Crippen LogP contribution in [-0.4, -0.2) is 120 Å². The van der Waals surface area contributed by atoms with E-state index in [9.17, 15) is 34.1 Å². The van der Waals surface area contributed by atoms with Gasteiger partial charge in [-0.15, -0.1) is 0 Å². The molecule has 0 unspecified atom stereocenters. The van der Waals surface area contributed by atoms with Gasteiger partial charge in [-0.3, -0.25) is 9.59 Å². The molecule has 0 radical (unpaired) electrons. The number of ketones is 1. The number of methoxy groups -OCH3 is 1. The molecule has 0 bridgehead atoms. The second-order valence-corrected chi connectivity index (χ2v) is 12.9. The van der Waals surface area contributed by atoms with Crippen molar-refractivity contribution < 1.29 is 43.6 Å². The SMILES string of the molecule is COCc1cnc(N2CCC(CCCOc3ccc(CC(=O)N4CC(C(=O)CCCNC(=O)NC(CO)(CO)CO)C4)c(F)c3)CC2)nc1. The highest BCUT2D eigenvalue weighted by Crippen LogP contribution is 2.25. The zero-order chi connectivity index (χ0) is 35.2. The van der Waals surface area contributed by atoms with Gasteiger partial charge in [-0.05, 0) is 49.7 Å². The van der Waals surface area contributed by atoms with Crippen molar-refractivity contribution in [1.82, 2.24) is 25.5 Å². The Balaban J connectivity index is 1.07. The Labute approximate surface area is 286 Å². The predicted octanol–water partition coefficient (Wildman–Crippen LogP) is 1.20. The van der Waals surface area contributed by atoms with E-state index >= 15 is 0 Å². The van der Waals surface area contributed by atoms with Gasteiger partial charge in [0.15, 0.2) is 0 Å². The first-order valence-corrected chi connectivity index (χ1v) is 16.8. The van der Waals surface area contributed by atoms with Crippen LogP contribution >= 0.6 is 0 Å². The summed E-state index contributed by atoms with van der Waals surface area (Å²) in [6.07, 6.45) is 8.05. The average molecular weight is 689 g/mol. The van der Waals surface area contributed by atoms with Crippen molar-refractivity contribution >= 4 is 23.7 Å². The average Bonchev–Trinajstić information content (AvgIpc) is 3.09. The van der Waals surface area contributed by atoms with Gasteiger partial charge in [0.2, 0.25) is 11.9 Å². The number of aromatic nitrogens is 2. The molecular formula is C34H49FN6O8. The minimum absolute atomic E-state index is 0.0290. The number of anilines is 1. The lowest BCUT2D eigenvalue weighted by Crippen LogP contribution is -2.59. The number of hydrogen-bond donors (Lipinski definition) is 5. The van der Waals surface area contributed by atoms with Crippen molar-refractivity contribution in [2.24, 2.45) is 11.8 Å². The lowest BCUT2D eigenvalue weighted by atomic mass is 9.91. The number of rotatable bonds is 19. The molecule has 49 heavy (non-hydrogen) atoms. The number of likely N-dealkylation sites (tertiary alicyclic amines) is 1. The third kappa shape index (κ3) is 11.0. The summed E-state index contributed by atoms with van der Waals surface area (Å²) in [5, 5.41) is 32.7. The van der Waals surface area contributed by atoms with Crippen molar-refractivity contribution in [2.75, 3.05) is 71.2 Å². The number of benzene rings is 1. The molecule has 4 rings (SSSR count). The van der Waals surface area contributed by atoms with Crippen LogP contribution in [0.2, 0.25) is 0 Å². The molecule has 2 aromatic rings. The Morgan fingerprint density at radius 2 is 1.73 bits per heavy atom. The van der Waals surface area contributed by atoms with E-state index < -0.39 is 37.2 Å². The Kier molecular flexibility index (Phi) is 14.5. The molecule has 1 aromatic heterocycles. The van der Waals surface area contributed by atoms with Crippen LogP contribution in [0, 0.1) is 17.7 Å². The van der Waals surface area contributed by atoms with Gasteiger partial charge >= 0.3 is 6.03 Å². The number of nitrogens with one attached hydrogen (secondary N) is 2. The van der Waals surface area contributed by atoms with Gasteiger partial charge in [-0.25, -0.2) is 19.2 Å². The minimum atomic E-state index is -1.53. The normalized spacial score (nSPS) is 15.5. The molecule has 0 saturated carbocycles. The molecule has 0 atom stereocenters. The molecular weight excluding hydrogens is 639 g/mol. The van der Waals surface area contributed by atoms with Crippen LogP contribution in [0.5, 0.6) is 5.75 Å². The van der Waals surface area contributed by atoms with E-state index in [4.69, 9.17) is 9.47 Å². The number of piperidine rings is 1. The Morgan fingerprint density at radius 3 is 2.37 bits per heavy atom. The smallest absolute Gasteiger partial charge is 0.315 e. The van der Waals surface area contributed by atoms with Gasteiger partial charge < -0.3 is 45.2 Å². The molecule has 0 aliphatic carbocycles. The molecule has 0 spiro atoms. The Morgan fingerprint density at radius 1 is 1.04 bits per heavy atom. The summed E-state index contributed by atoms with van der Waals surface area (Å²) < 4.78 is 25.7. The van der Waals surface area contributed by atoms with Gasteiger partial charge in [0.1, 0.15) is 22.9 Å². The zero-order valence-electron chi connectivity index (χ0n) is 28.1. The number of carbonyl (C=O) groups excluding carboxylic acids is 3. The molecule has 3 amide bonds. The number of nitrogens with zero attached hydrogens (tertiary/aromatic N) is 4. The monoisotopic (exact) mass is 688 g/mol. The molecule has 5 N–H and O–H groups in total. The maximum Gasteiger partial charge on any atom is 0.315 e. The summed E-state index contributed by atoms with van der Waals surface area (Å²) in [6.45, 7) is 1.59. The van der Waals surface area contributed by atoms with Gasteiger partial charge in [-0.1, -0.05) is 6.07 Å². The van der Waals surface area contributed by atoms with Crippen molar-refractivity contribution in [3.05, 3.63) is 47.5 Å². The molecule has 15 heteroatoms. The summed E-state index contributed by atoms with van der Waals surface area (Å²) >= 11 is 0. The number of halogens is 1. The fraction of sp³-hybridized carbons (Fsp3) is 0.618. The summed E-state index contributed by atoms with van der Waals surface area (Å²) in [6, 6.07) is 3.88. The lowest BCUT2D eigenvalue weighted by molar-refractivity contribution is -0.141. The third-order valence-corrected chi connectivity index (χ3v) is 9.15. The Bertz CT molecular complexity index is 1360. The fourth-order valence-corrected chi connectivity index (χ4v) is 5.88. The maximum atomic E-state index is 14.8. The number of aliphatic hydroxyl groups is 3. The third-order valence-electron chi connectivity index (χ3n) is 9.15. The summed E-state index contributed by atoms with van der Waals surface area (Å²) in [4.78, 5) is 49.8. The quantitative estimate of drug-likeness (QED) is 0.134. The van der Waals surface area contributed by atoms with Crippen LogP contribution in [0.1, 0.15) is 49.7 Å². The largest absolute Gasteiger partial charge is 0.493 e. The van der Waals surface area contributed by atoms with E-state index in [-0.39, 0.29) is 55.6 Å². The molecule has 270 valence electrons. The number of amides is 3. The Hall–Kier alpha value is -3.92. The predicted molar refractivity (Wildman–Crippen MR) is 177 cm³/mol. The fourth-order valence-electron chi connectivity index (χ4n) is 5.88. The highest BCUT2D eigenvalue weighted by molar-refractivity contribution is 5.86. The molecule has 1 aromatic carbocycles. The van der Waals surface area contributed by atoms with Crippen LogP contribution in [0.3, 0.4) is 0 Å². The highest BCUT2D eigenvalue weighted by atomic mass is 19.1. The van der Waals surface area contributed by atoms with Crippen molar-refractivity contribution in [2.45, 2.75) is 57.1 Å². The zero-order valence-corrected chi connectivity index (χ0v) is 28.1. The van der Waals surface area contributed by atoms with E-state index in [0.29, 0.717) is 31.3 Å². The van der Waals surface area contributed by atoms with Crippen LogP contribution < -0.4 is 20.3 Å². The van der Waals surface area contributed by atoms with Crippen molar-refractivity contribution in [3.63, 3.8) is 0 Å². The van der Waals surface area contributed by atoms with E-state index in [2.05, 4.69) is 25.5 Å². The molecule has 14 nitrogen and oxygen atoms in total. The van der Waals surface area contributed by atoms with E-state index in [1.165, 1.54) is 11.0 Å². The maximum absolute atomic E-state index is 14.8. The number of aliphatic hydroxyl groups excluding tert-OH is 3. The second-order valence-electron chi connectivity index (χ2n) is 12.9. The van der Waals surface area contributed by atoms with Gasteiger partial charge in [-0.2, -0.15) is 0 Å². The molecule has 2 fully saturated rings. The number of Topliss-reactive ketones (excluding diaryl/α,β-unsaturated/α-hetero) is 1. The van der Waals surface area contributed by atoms with E-state index in [1.807, 2.05) is 0 Å². The minimum Gasteiger partial charge on any atom is -0.493 e.